The van der Waals surface area contributed by atoms with Crippen LogP contribution in [0.5, 0.6) is 0 Å². The molecule has 0 spiro atoms. The summed E-state index contributed by atoms with van der Waals surface area (Å²) in [7, 11) is 0. The first kappa shape index (κ1) is 12.4. The van der Waals surface area contributed by atoms with Crippen LogP contribution in [0.2, 0.25) is 0 Å². The molecule has 19 heavy (non-hydrogen) atoms. The standard InChI is InChI=1S/C17H18O2/c18-16(17-7-3-4-10-19-17)12-13-8-9-14-5-1-2-6-15(14)11-13/h1-2,5-6,8-9,11,17H,3-4,7,10,12H2. The van der Waals surface area contributed by atoms with E-state index in [9.17, 15) is 4.79 Å². The van der Waals surface area contributed by atoms with E-state index < -0.39 is 0 Å². The van der Waals surface area contributed by atoms with Crippen LogP contribution in [-0.2, 0) is 16.0 Å². The Kier molecular flexibility index (Phi) is 3.60. The molecular weight excluding hydrogens is 236 g/mol. The molecule has 0 saturated carbocycles. The second kappa shape index (κ2) is 5.54. The van der Waals surface area contributed by atoms with Crippen LogP contribution < -0.4 is 0 Å². The van der Waals surface area contributed by atoms with Gasteiger partial charge in [-0.2, -0.15) is 0 Å². The Bertz CT molecular complexity index is 583. The van der Waals surface area contributed by atoms with Gasteiger partial charge in [0.25, 0.3) is 0 Å². The minimum Gasteiger partial charge on any atom is -0.370 e. The predicted octanol–water partition coefficient (Wildman–Crippen LogP) is 3.52. The van der Waals surface area contributed by atoms with Crippen molar-refractivity contribution in [1.29, 1.82) is 0 Å². The van der Waals surface area contributed by atoms with Gasteiger partial charge in [-0.05, 0) is 35.6 Å². The van der Waals surface area contributed by atoms with Gasteiger partial charge in [-0.1, -0.05) is 42.5 Å². The van der Waals surface area contributed by atoms with Crippen molar-refractivity contribution in [1.82, 2.24) is 0 Å². The highest BCUT2D eigenvalue weighted by molar-refractivity contribution is 5.88. The molecule has 98 valence electrons. The van der Waals surface area contributed by atoms with E-state index in [1.165, 1.54) is 10.8 Å². The van der Waals surface area contributed by atoms with Crippen LogP contribution in [0.4, 0.5) is 0 Å². The molecule has 2 aromatic rings. The number of Topliss-reactive ketones (excluding diaryl/α,β-unsaturated/α-hetero) is 1. The second-order valence-electron chi connectivity index (χ2n) is 5.18. The van der Waals surface area contributed by atoms with Gasteiger partial charge in [-0.3, -0.25) is 4.79 Å². The minimum atomic E-state index is -0.180. The Hall–Kier alpha value is -1.67. The van der Waals surface area contributed by atoms with Crippen molar-refractivity contribution in [3.8, 4) is 0 Å². The average molecular weight is 254 g/mol. The van der Waals surface area contributed by atoms with Crippen LogP contribution in [0.1, 0.15) is 24.8 Å². The predicted molar refractivity (Wildman–Crippen MR) is 76.3 cm³/mol. The third-order valence-electron chi connectivity index (χ3n) is 3.73. The largest absolute Gasteiger partial charge is 0.370 e. The molecule has 1 fully saturated rings. The zero-order valence-electron chi connectivity index (χ0n) is 11.0. The van der Waals surface area contributed by atoms with Crippen molar-refractivity contribution >= 4 is 16.6 Å². The summed E-state index contributed by atoms with van der Waals surface area (Å²) < 4.78 is 5.55. The summed E-state index contributed by atoms with van der Waals surface area (Å²) >= 11 is 0. The van der Waals surface area contributed by atoms with E-state index in [4.69, 9.17) is 4.74 Å². The molecule has 1 heterocycles. The number of ether oxygens (including phenoxy) is 1. The van der Waals surface area contributed by atoms with Gasteiger partial charge in [0, 0.05) is 13.0 Å². The van der Waals surface area contributed by atoms with Crippen LogP contribution in [-0.4, -0.2) is 18.5 Å². The number of carbonyl (C=O) groups is 1. The van der Waals surface area contributed by atoms with E-state index in [0.717, 1.165) is 31.4 Å². The number of rotatable bonds is 3. The number of fused-ring (bicyclic) bond motifs is 1. The number of benzene rings is 2. The first-order valence-corrected chi connectivity index (χ1v) is 6.95. The molecule has 2 aromatic carbocycles. The molecule has 2 heteroatoms. The Morgan fingerprint density at radius 3 is 2.74 bits per heavy atom. The number of carbonyl (C=O) groups excluding carboxylic acids is 1. The van der Waals surface area contributed by atoms with Crippen LogP contribution >= 0.6 is 0 Å². The van der Waals surface area contributed by atoms with Gasteiger partial charge >= 0.3 is 0 Å². The lowest BCUT2D eigenvalue weighted by molar-refractivity contribution is -0.132. The highest BCUT2D eigenvalue weighted by Gasteiger charge is 2.21. The Morgan fingerprint density at radius 2 is 1.95 bits per heavy atom. The monoisotopic (exact) mass is 254 g/mol. The van der Waals surface area contributed by atoms with Crippen molar-refractivity contribution in [2.45, 2.75) is 31.8 Å². The number of hydrogen-bond donors (Lipinski definition) is 0. The maximum absolute atomic E-state index is 12.2. The van der Waals surface area contributed by atoms with E-state index in [1.54, 1.807) is 0 Å². The van der Waals surface area contributed by atoms with E-state index in [0.29, 0.717) is 6.42 Å². The Morgan fingerprint density at radius 1 is 1.11 bits per heavy atom. The SMILES string of the molecule is O=C(Cc1ccc2ccccc2c1)C1CCCCO1. The zero-order valence-corrected chi connectivity index (χ0v) is 11.0. The first-order chi connectivity index (χ1) is 9.33. The fourth-order valence-corrected chi connectivity index (χ4v) is 2.66. The molecule has 1 atom stereocenters. The molecule has 0 bridgehead atoms. The zero-order chi connectivity index (χ0) is 13.1. The van der Waals surface area contributed by atoms with E-state index in [-0.39, 0.29) is 11.9 Å². The van der Waals surface area contributed by atoms with Crippen molar-refractivity contribution in [3.63, 3.8) is 0 Å². The molecule has 1 saturated heterocycles. The van der Waals surface area contributed by atoms with Crippen molar-refractivity contribution in [3.05, 3.63) is 48.0 Å². The van der Waals surface area contributed by atoms with Gasteiger partial charge < -0.3 is 4.74 Å². The lowest BCUT2D eigenvalue weighted by Gasteiger charge is -2.21. The summed E-state index contributed by atoms with van der Waals surface area (Å²) in [5, 5.41) is 2.41. The molecule has 0 radical (unpaired) electrons. The van der Waals surface area contributed by atoms with Gasteiger partial charge in [0.15, 0.2) is 5.78 Å². The molecule has 1 aliphatic heterocycles. The highest BCUT2D eigenvalue weighted by atomic mass is 16.5. The van der Waals surface area contributed by atoms with Gasteiger partial charge in [-0.25, -0.2) is 0 Å². The van der Waals surface area contributed by atoms with Crippen molar-refractivity contribution in [2.24, 2.45) is 0 Å². The van der Waals surface area contributed by atoms with Crippen molar-refractivity contribution < 1.29 is 9.53 Å². The van der Waals surface area contributed by atoms with Crippen LogP contribution in [0.15, 0.2) is 42.5 Å². The molecule has 3 rings (SSSR count). The number of ketones is 1. The number of hydrogen-bond acceptors (Lipinski definition) is 2. The Labute approximate surface area is 113 Å². The summed E-state index contributed by atoms with van der Waals surface area (Å²) in [4.78, 5) is 12.2. The van der Waals surface area contributed by atoms with Crippen LogP contribution in [0.25, 0.3) is 10.8 Å². The minimum absolute atomic E-state index is 0.180. The molecule has 0 aliphatic carbocycles. The summed E-state index contributed by atoms with van der Waals surface area (Å²) in [6.45, 7) is 0.730. The summed E-state index contributed by atoms with van der Waals surface area (Å²) in [6.07, 6.45) is 3.37. The molecule has 0 amide bonds. The maximum atomic E-state index is 12.2. The average Bonchev–Trinajstić information content (AvgIpc) is 2.48. The van der Waals surface area contributed by atoms with E-state index in [2.05, 4.69) is 24.3 Å². The molecule has 1 aliphatic rings. The fourth-order valence-electron chi connectivity index (χ4n) is 2.66. The van der Waals surface area contributed by atoms with Gasteiger partial charge in [0.1, 0.15) is 6.10 Å². The summed E-state index contributed by atoms with van der Waals surface area (Å²) in [6, 6.07) is 14.5. The quantitative estimate of drug-likeness (QED) is 0.837. The smallest absolute Gasteiger partial charge is 0.165 e. The second-order valence-corrected chi connectivity index (χ2v) is 5.18. The van der Waals surface area contributed by atoms with Crippen LogP contribution in [0.3, 0.4) is 0 Å². The highest BCUT2D eigenvalue weighted by Crippen LogP contribution is 2.19. The van der Waals surface area contributed by atoms with Crippen LogP contribution in [0, 0.1) is 0 Å². The molecule has 0 aromatic heterocycles. The molecular formula is C17H18O2. The van der Waals surface area contributed by atoms with Gasteiger partial charge in [0.05, 0.1) is 0 Å². The van der Waals surface area contributed by atoms with E-state index >= 15 is 0 Å². The molecule has 2 nitrogen and oxygen atoms in total. The first-order valence-electron chi connectivity index (χ1n) is 6.95. The lowest BCUT2D eigenvalue weighted by atomic mass is 9.98. The summed E-state index contributed by atoms with van der Waals surface area (Å²) in [5.74, 6) is 0.218. The normalized spacial score (nSPS) is 19.5. The topological polar surface area (TPSA) is 26.3 Å². The fraction of sp³-hybridized carbons (Fsp3) is 0.353. The van der Waals surface area contributed by atoms with Gasteiger partial charge in [-0.15, -0.1) is 0 Å². The molecule has 0 N–H and O–H groups in total. The van der Waals surface area contributed by atoms with Gasteiger partial charge in [0.2, 0.25) is 0 Å². The molecule has 1 unspecified atom stereocenters. The lowest BCUT2D eigenvalue weighted by Crippen LogP contribution is -2.29. The Balaban J connectivity index is 1.75. The van der Waals surface area contributed by atoms with E-state index in [1.807, 2.05) is 18.2 Å². The maximum Gasteiger partial charge on any atom is 0.165 e. The third-order valence-corrected chi connectivity index (χ3v) is 3.73. The third kappa shape index (κ3) is 2.85. The van der Waals surface area contributed by atoms with Crippen molar-refractivity contribution in [2.75, 3.05) is 6.61 Å². The summed E-state index contributed by atoms with van der Waals surface area (Å²) in [5.41, 5.74) is 1.08.